The van der Waals surface area contributed by atoms with Gasteiger partial charge in [0.2, 0.25) is 0 Å². The van der Waals surface area contributed by atoms with Crippen LogP contribution in [0.2, 0.25) is 5.02 Å². The summed E-state index contributed by atoms with van der Waals surface area (Å²) in [5.74, 6) is 0. The van der Waals surface area contributed by atoms with Gasteiger partial charge < -0.3 is 5.73 Å². The monoisotopic (exact) mass is 234 g/mol. The normalized spacial score (nSPS) is 11.9. The molecule has 0 radical (unpaired) electrons. The Morgan fingerprint density at radius 3 is 2.69 bits per heavy atom. The van der Waals surface area contributed by atoms with Crippen molar-refractivity contribution in [3.63, 3.8) is 0 Å². The molecule has 16 heavy (non-hydrogen) atoms. The first kappa shape index (κ1) is 12.6. The van der Waals surface area contributed by atoms with Crippen molar-refractivity contribution in [2.45, 2.75) is 26.7 Å². The van der Waals surface area contributed by atoms with Crippen LogP contribution in [-0.4, -0.2) is 0 Å². The highest BCUT2D eigenvalue weighted by Crippen LogP contribution is 2.22. The highest BCUT2D eigenvalue weighted by atomic mass is 35.5. The Morgan fingerprint density at radius 2 is 2.19 bits per heavy atom. The van der Waals surface area contributed by atoms with Crippen molar-refractivity contribution in [3.8, 4) is 6.07 Å². The predicted octanol–water partition coefficient (Wildman–Crippen LogP) is 3.64. The van der Waals surface area contributed by atoms with Gasteiger partial charge in [0.1, 0.15) is 0 Å². The lowest BCUT2D eigenvalue weighted by molar-refractivity contribution is 0.928. The summed E-state index contributed by atoms with van der Waals surface area (Å²) in [6, 6.07) is 7.67. The lowest BCUT2D eigenvalue weighted by atomic mass is 10.0. The van der Waals surface area contributed by atoms with E-state index in [1.165, 1.54) is 0 Å². The molecule has 0 bridgehead atoms. The summed E-state index contributed by atoms with van der Waals surface area (Å²) in [4.78, 5) is 0. The first-order valence-electron chi connectivity index (χ1n) is 5.25. The maximum atomic E-state index is 9.02. The van der Waals surface area contributed by atoms with Gasteiger partial charge in [0.25, 0.3) is 0 Å². The Kier molecular flexibility index (Phi) is 4.39. The number of nitriles is 1. The fourth-order valence-electron chi connectivity index (χ4n) is 1.59. The molecule has 0 fully saturated rings. The van der Waals surface area contributed by atoms with E-state index in [-0.39, 0.29) is 0 Å². The fourth-order valence-corrected chi connectivity index (χ4v) is 1.82. The van der Waals surface area contributed by atoms with E-state index in [1.807, 2.05) is 26.0 Å². The molecule has 0 amide bonds. The standard InChI is InChI=1S/C13H15ClN2/c1-3-4-10(8-15)13(16)12-6-5-11(14)7-9(12)2/h5-7H,3-4,16H2,1-2H3/b13-10-. The van der Waals surface area contributed by atoms with Crippen molar-refractivity contribution in [2.75, 3.05) is 0 Å². The van der Waals surface area contributed by atoms with E-state index >= 15 is 0 Å². The molecule has 2 nitrogen and oxygen atoms in total. The van der Waals surface area contributed by atoms with E-state index < -0.39 is 0 Å². The molecule has 1 rings (SSSR count). The van der Waals surface area contributed by atoms with Crippen LogP contribution in [0.4, 0.5) is 0 Å². The molecule has 1 aromatic rings. The molecule has 0 saturated heterocycles. The van der Waals surface area contributed by atoms with Crippen molar-refractivity contribution in [1.29, 1.82) is 5.26 Å². The van der Waals surface area contributed by atoms with E-state index in [2.05, 4.69) is 6.07 Å². The van der Waals surface area contributed by atoms with Crippen LogP contribution >= 0.6 is 11.6 Å². The fraction of sp³-hybridized carbons (Fsp3) is 0.308. The summed E-state index contributed by atoms with van der Waals surface area (Å²) in [5, 5.41) is 9.70. The van der Waals surface area contributed by atoms with E-state index in [0.29, 0.717) is 22.7 Å². The Bertz CT molecular complexity index is 455. The Morgan fingerprint density at radius 1 is 1.50 bits per heavy atom. The minimum absolute atomic E-state index is 0.568. The first-order valence-corrected chi connectivity index (χ1v) is 5.63. The Hall–Kier alpha value is -1.46. The zero-order valence-electron chi connectivity index (χ0n) is 9.55. The van der Waals surface area contributed by atoms with Gasteiger partial charge in [-0.15, -0.1) is 0 Å². The molecule has 0 spiro atoms. The van der Waals surface area contributed by atoms with Gasteiger partial charge in [0.05, 0.1) is 17.3 Å². The number of hydrogen-bond donors (Lipinski definition) is 1. The number of benzene rings is 1. The molecule has 0 heterocycles. The van der Waals surface area contributed by atoms with Crippen molar-refractivity contribution in [2.24, 2.45) is 5.73 Å². The lowest BCUT2D eigenvalue weighted by Crippen LogP contribution is -2.03. The number of allylic oxidation sites excluding steroid dienone is 1. The third-order valence-electron chi connectivity index (χ3n) is 2.44. The summed E-state index contributed by atoms with van der Waals surface area (Å²) in [6.45, 7) is 3.97. The summed E-state index contributed by atoms with van der Waals surface area (Å²) in [7, 11) is 0. The van der Waals surface area contributed by atoms with E-state index in [9.17, 15) is 0 Å². The number of aryl methyl sites for hydroxylation is 1. The number of nitrogens with zero attached hydrogens (tertiary/aromatic N) is 1. The number of rotatable bonds is 3. The first-order chi connectivity index (χ1) is 7.60. The largest absolute Gasteiger partial charge is 0.397 e. The molecule has 84 valence electrons. The molecule has 0 saturated carbocycles. The lowest BCUT2D eigenvalue weighted by Gasteiger charge is -2.08. The van der Waals surface area contributed by atoms with Gasteiger partial charge in [-0.2, -0.15) is 5.26 Å². The van der Waals surface area contributed by atoms with Gasteiger partial charge in [-0.3, -0.25) is 0 Å². The van der Waals surface area contributed by atoms with Crippen molar-refractivity contribution < 1.29 is 0 Å². The molecule has 0 aliphatic carbocycles. The Balaban J connectivity index is 3.22. The molecule has 0 aliphatic heterocycles. The average Bonchev–Trinajstić information content (AvgIpc) is 2.25. The second-order valence-electron chi connectivity index (χ2n) is 3.71. The topological polar surface area (TPSA) is 49.8 Å². The summed E-state index contributed by atoms with van der Waals surface area (Å²) in [5.41, 5.74) is 9.11. The molecule has 1 aromatic carbocycles. The molecule has 0 unspecified atom stereocenters. The zero-order valence-corrected chi connectivity index (χ0v) is 10.3. The molecule has 2 N–H and O–H groups in total. The van der Waals surface area contributed by atoms with Crippen LogP contribution in [0, 0.1) is 18.3 Å². The van der Waals surface area contributed by atoms with E-state index in [4.69, 9.17) is 22.6 Å². The predicted molar refractivity (Wildman–Crippen MR) is 67.8 cm³/mol. The molecule has 0 aromatic heterocycles. The molecule has 3 heteroatoms. The minimum atomic E-state index is 0.568. The SMILES string of the molecule is CCC/C(C#N)=C(/N)c1ccc(Cl)cc1C. The van der Waals surface area contributed by atoms with Crippen LogP contribution in [0.15, 0.2) is 23.8 Å². The van der Waals surface area contributed by atoms with Gasteiger partial charge >= 0.3 is 0 Å². The quantitative estimate of drug-likeness (QED) is 0.812. The van der Waals surface area contributed by atoms with Crippen LogP contribution < -0.4 is 5.73 Å². The van der Waals surface area contributed by atoms with Crippen LogP contribution in [0.25, 0.3) is 5.70 Å². The van der Waals surface area contributed by atoms with Gasteiger partial charge in [0, 0.05) is 10.6 Å². The number of halogens is 1. The third-order valence-corrected chi connectivity index (χ3v) is 2.67. The van der Waals surface area contributed by atoms with Gasteiger partial charge in [-0.25, -0.2) is 0 Å². The second kappa shape index (κ2) is 5.58. The molecular weight excluding hydrogens is 220 g/mol. The van der Waals surface area contributed by atoms with Crippen LogP contribution in [-0.2, 0) is 0 Å². The highest BCUT2D eigenvalue weighted by molar-refractivity contribution is 6.30. The maximum absolute atomic E-state index is 9.02. The summed E-state index contributed by atoms with van der Waals surface area (Å²) >= 11 is 5.87. The minimum Gasteiger partial charge on any atom is -0.397 e. The average molecular weight is 235 g/mol. The third kappa shape index (κ3) is 2.77. The van der Waals surface area contributed by atoms with Crippen LogP contribution in [0.3, 0.4) is 0 Å². The maximum Gasteiger partial charge on any atom is 0.0968 e. The van der Waals surface area contributed by atoms with Crippen LogP contribution in [0.1, 0.15) is 30.9 Å². The van der Waals surface area contributed by atoms with Gasteiger partial charge in [-0.05, 0) is 31.0 Å². The molecule has 0 atom stereocenters. The van der Waals surface area contributed by atoms with Gasteiger partial charge in [0.15, 0.2) is 0 Å². The van der Waals surface area contributed by atoms with Crippen LogP contribution in [0.5, 0.6) is 0 Å². The smallest absolute Gasteiger partial charge is 0.0968 e. The highest BCUT2D eigenvalue weighted by Gasteiger charge is 2.07. The zero-order chi connectivity index (χ0) is 12.1. The van der Waals surface area contributed by atoms with E-state index in [0.717, 1.165) is 17.5 Å². The van der Waals surface area contributed by atoms with E-state index in [1.54, 1.807) is 6.07 Å². The number of nitrogens with two attached hydrogens (primary N) is 1. The van der Waals surface area contributed by atoms with Crippen molar-refractivity contribution in [1.82, 2.24) is 0 Å². The van der Waals surface area contributed by atoms with Crippen molar-refractivity contribution >= 4 is 17.3 Å². The summed E-state index contributed by atoms with van der Waals surface area (Å²) < 4.78 is 0. The second-order valence-corrected chi connectivity index (χ2v) is 4.15. The van der Waals surface area contributed by atoms with Crippen molar-refractivity contribution in [3.05, 3.63) is 39.9 Å². The molecule has 0 aliphatic rings. The molecular formula is C13H15ClN2. The summed E-state index contributed by atoms with van der Waals surface area (Å²) in [6.07, 6.45) is 1.63. The number of hydrogen-bond acceptors (Lipinski definition) is 2. The van der Waals surface area contributed by atoms with Gasteiger partial charge in [-0.1, -0.05) is 31.0 Å². The Labute approximate surface area is 101 Å².